The van der Waals surface area contributed by atoms with Crippen molar-refractivity contribution in [1.29, 1.82) is 0 Å². The average Bonchev–Trinajstić information content (AvgIpc) is 2.18. The van der Waals surface area contributed by atoms with E-state index in [9.17, 15) is 4.79 Å². The molecule has 0 saturated carbocycles. The summed E-state index contributed by atoms with van der Waals surface area (Å²) >= 11 is 0. The van der Waals surface area contributed by atoms with E-state index in [1.54, 1.807) is 0 Å². The van der Waals surface area contributed by atoms with E-state index in [0.29, 0.717) is 0 Å². The summed E-state index contributed by atoms with van der Waals surface area (Å²) in [6, 6.07) is 0.137. The number of nitrogens with one attached hydrogen (secondary N) is 1. The quantitative estimate of drug-likeness (QED) is 0.646. The Labute approximate surface area is 91.6 Å². The van der Waals surface area contributed by atoms with Gasteiger partial charge in [-0.15, -0.1) is 0 Å². The van der Waals surface area contributed by atoms with E-state index in [4.69, 9.17) is 5.11 Å². The van der Waals surface area contributed by atoms with Gasteiger partial charge in [-0.1, -0.05) is 19.8 Å². The molecule has 4 nitrogen and oxygen atoms in total. The first-order valence-electron chi connectivity index (χ1n) is 5.90. The molecule has 1 saturated heterocycles. The second-order valence-corrected chi connectivity index (χ2v) is 4.26. The van der Waals surface area contributed by atoms with Crippen molar-refractivity contribution in [3.8, 4) is 0 Å². The largest absolute Gasteiger partial charge is 0.481 e. The third-order valence-electron chi connectivity index (χ3n) is 2.84. The standard InChI is InChI=1S/C11H22N2O2/c1-2-3-4-6-13-7-5-12-10(9-13)8-11(14)15/h10,12H,2-9H2,1H3,(H,14,15). The van der Waals surface area contributed by atoms with E-state index in [2.05, 4.69) is 17.1 Å². The first-order chi connectivity index (χ1) is 7.22. The van der Waals surface area contributed by atoms with Crippen molar-refractivity contribution >= 4 is 5.97 Å². The van der Waals surface area contributed by atoms with E-state index in [0.717, 1.165) is 26.2 Å². The van der Waals surface area contributed by atoms with Crippen LogP contribution in [0.4, 0.5) is 0 Å². The van der Waals surface area contributed by atoms with Crippen LogP contribution in [0.3, 0.4) is 0 Å². The molecule has 0 aromatic rings. The van der Waals surface area contributed by atoms with E-state index in [1.165, 1.54) is 19.3 Å². The van der Waals surface area contributed by atoms with Gasteiger partial charge in [-0.25, -0.2) is 0 Å². The topological polar surface area (TPSA) is 52.6 Å². The smallest absolute Gasteiger partial charge is 0.304 e. The van der Waals surface area contributed by atoms with Gasteiger partial charge in [-0.3, -0.25) is 4.79 Å². The molecule has 15 heavy (non-hydrogen) atoms. The van der Waals surface area contributed by atoms with E-state index >= 15 is 0 Å². The maximum absolute atomic E-state index is 10.6. The summed E-state index contributed by atoms with van der Waals surface area (Å²) in [7, 11) is 0. The number of carboxylic acids is 1. The van der Waals surface area contributed by atoms with Gasteiger partial charge in [0.15, 0.2) is 0 Å². The van der Waals surface area contributed by atoms with Crippen LogP contribution in [0.1, 0.15) is 32.6 Å². The molecule has 0 radical (unpaired) electrons. The average molecular weight is 214 g/mol. The molecule has 1 atom stereocenters. The molecular weight excluding hydrogens is 192 g/mol. The first kappa shape index (κ1) is 12.5. The molecular formula is C11H22N2O2. The SMILES string of the molecule is CCCCCN1CCNC(CC(=O)O)C1. The third-order valence-corrected chi connectivity index (χ3v) is 2.84. The van der Waals surface area contributed by atoms with Crippen LogP contribution in [0, 0.1) is 0 Å². The third kappa shape index (κ3) is 5.14. The van der Waals surface area contributed by atoms with E-state index in [1.807, 2.05) is 0 Å². The van der Waals surface area contributed by atoms with Crippen LogP contribution >= 0.6 is 0 Å². The molecule has 1 fully saturated rings. The van der Waals surface area contributed by atoms with Crippen molar-refractivity contribution in [1.82, 2.24) is 10.2 Å². The molecule has 0 aromatic carbocycles. The minimum atomic E-state index is -0.706. The summed E-state index contributed by atoms with van der Waals surface area (Å²) in [5.74, 6) is -0.706. The fraction of sp³-hybridized carbons (Fsp3) is 0.909. The van der Waals surface area contributed by atoms with Crippen molar-refractivity contribution in [2.24, 2.45) is 0 Å². The highest BCUT2D eigenvalue weighted by Gasteiger charge is 2.20. The van der Waals surface area contributed by atoms with E-state index in [-0.39, 0.29) is 12.5 Å². The number of nitrogens with zero attached hydrogens (tertiary/aromatic N) is 1. The minimum Gasteiger partial charge on any atom is -0.481 e. The zero-order valence-corrected chi connectivity index (χ0v) is 9.54. The molecule has 4 heteroatoms. The summed E-state index contributed by atoms with van der Waals surface area (Å²) in [6.07, 6.45) is 3.98. The molecule has 88 valence electrons. The molecule has 0 amide bonds. The van der Waals surface area contributed by atoms with Crippen LogP contribution in [0.25, 0.3) is 0 Å². The van der Waals surface area contributed by atoms with Gasteiger partial charge in [0.2, 0.25) is 0 Å². The van der Waals surface area contributed by atoms with Gasteiger partial charge < -0.3 is 15.3 Å². The Morgan fingerprint density at radius 2 is 2.33 bits per heavy atom. The summed E-state index contributed by atoms with van der Waals surface area (Å²) in [5, 5.41) is 12.0. The van der Waals surface area contributed by atoms with Crippen molar-refractivity contribution in [2.75, 3.05) is 26.2 Å². The molecule has 1 rings (SSSR count). The van der Waals surface area contributed by atoms with Gasteiger partial charge in [0, 0.05) is 25.7 Å². The first-order valence-corrected chi connectivity index (χ1v) is 5.90. The Hall–Kier alpha value is -0.610. The highest BCUT2D eigenvalue weighted by atomic mass is 16.4. The fourth-order valence-corrected chi connectivity index (χ4v) is 2.03. The lowest BCUT2D eigenvalue weighted by Crippen LogP contribution is -2.51. The van der Waals surface area contributed by atoms with Crippen LogP contribution in [-0.2, 0) is 4.79 Å². The van der Waals surface area contributed by atoms with Gasteiger partial charge in [0.05, 0.1) is 6.42 Å². The molecule has 2 N–H and O–H groups in total. The Bertz CT molecular complexity index is 197. The molecule has 0 spiro atoms. The number of carbonyl (C=O) groups is 1. The monoisotopic (exact) mass is 214 g/mol. The zero-order chi connectivity index (χ0) is 11.1. The van der Waals surface area contributed by atoms with Gasteiger partial charge >= 0.3 is 5.97 Å². The highest BCUT2D eigenvalue weighted by Crippen LogP contribution is 2.05. The van der Waals surface area contributed by atoms with Crippen LogP contribution in [0.15, 0.2) is 0 Å². The number of rotatable bonds is 6. The molecule has 0 bridgehead atoms. The van der Waals surface area contributed by atoms with Gasteiger partial charge in [-0.2, -0.15) is 0 Å². The summed E-state index contributed by atoms with van der Waals surface area (Å²) in [4.78, 5) is 13.0. The summed E-state index contributed by atoms with van der Waals surface area (Å²) in [6.45, 7) is 6.18. The molecule has 1 aliphatic heterocycles. The predicted octanol–water partition coefficient (Wildman–Crippen LogP) is 0.925. The Balaban J connectivity index is 2.19. The highest BCUT2D eigenvalue weighted by molar-refractivity contribution is 5.67. The second kappa shape index (κ2) is 6.80. The predicted molar refractivity (Wildman–Crippen MR) is 60.0 cm³/mol. The molecule has 1 unspecified atom stereocenters. The van der Waals surface area contributed by atoms with Gasteiger partial charge in [0.1, 0.15) is 0 Å². The number of hydrogen-bond acceptors (Lipinski definition) is 3. The lowest BCUT2D eigenvalue weighted by Gasteiger charge is -2.32. The molecule has 1 aliphatic rings. The second-order valence-electron chi connectivity index (χ2n) is 4.26. The Morgan fingerprint density at radius 1 is 1.53 bits per heavy atom. The number of unbranched alkanes of at least 4 members (excludes halogenated alkanes) is 2. The zero-order valence-electron chi connectivity index (χ0n) is 9.54. The summed E-state index contributed by atoms with van der Waals surface area (Å²) < 4.78 is 0. The molecule has 0 aliphatic carbocycles. The van der Waals surface area contributed by atoms with Crippen LogP contribution in [-0.4, -0.2) is 48.2 Å². The summed E-state index contributed by atoms with van der Waals surface area (Å²) in [5.41, 5.74) is 0. The van der Waals surface area contributed by atoms with Gasteiger partial charge in [-0.05, 0) is 13.0 Å². The van der Waals surface area contributed by atoms with Crippen molar-refractivity contribution in [2.45, 2.75) is 38.6 Å². The Morgan fingerprint density at radius 3 is 3.00 bits per heavy atom. The number of carboxylic acid groups (broad SMARTS) is 1. The van der Waals surface area contributed by atoms with Crippen LogP contribution < -0.4 is 5.32 Å². The lowest BCUT2D eigenvalue weighted by molar-refractivity contribution is -0.137. The molecule has 0 aromatic heterocycles. The maximum Gasteiger partial charge on any atom is 0.304 e. The molecule has 1 heterocycles. The van der Waals surface area contributed by atoms with Gasteiger partial charge in [0.25, 0.3) is 0 Å². The Kier molecular flexibility index (Phi) is 5.65. The fourth-order valence-electron chi connectivity index (χ4n) is 2.03. The van der Waals surface area contributed by atoms with Crippen molar-refractivity contribution in [3.63, 3.8) is 0 Å². The van der Waals surface area contributed by atoms with Crippen LogP contribution in [0.2, 0.25) is 0 Å². The number of aliphatic carboxylic acids is 1. The van der Waals surface area contributed by atoms with E-state index < -0.39 is 5.97 Å². The normalized spacial score (nSPS) is 22.9. The maximum atomic E-state index is 10.6. The van der Waals surface area contributed by atoms with Crippen molar-refractivity contribution < 1.29 is 9.90 Å². The van der Waals surface area contributed by atoms with Crippen molar-refractivity contribution in [3.05, 3.63) is 0 Å². The minimum absolute atomic E-state index is 0.137. The number of piperazine rings is 1. The lowest BCUT2D eigenvalue weighted by atomic mass is 10.1. The number of hydrogen-bond donors (Lipinski definition) is 2. The van der Waals surface area contributed by atoms with Crippen LogP contribution in [0.5, 0.6) is 0 Å².